The monoisotopic (exact) mass is 417 g/mol. The van der Waals surface area contributed by atoms with Gasteiger partial charge in [-0.05, 0) is 24.0 Å². The Morgan fingerprint density at radius 1 is 1.14 bits per heavy atom. The fraction of sp³-hybridized carbons (Fsp3) is 0.588. The maximum Gasteiger partial charge on any atom is 0.191 e. The van der Waals surface area contributed by atoms with E-state index in [1.165, 1.54) is 43.2 Å². The Morgan fingerprint density at radius 2 is 1.77 bits per heavy atom. The third-order valence-corrected chi connectivity index (χ3v) is 3.96. The number of rotatable bonds is 5. The number of guanidine groups is 1. The fourth-order valence-corrected chi connectivity index (χ4v) is 2.74. The lowest BCUT2D eigenvalue weighted by atomic mass is 9.96. The van der Waals surface area contributed by atoms with Crippen LogP contribution in [0.3, 0.4) is 0 Å². The van der Waals surface area contributed by atoms with Gasteiger partial charge in [-0.3, -0.25) is 4.99 Å². The van der Waals surface area contributed by atoms with E-state index < -0.39 is 0 Å². The quantitative estimate of drug-likeness (QED) is 0.438. The number of methoxy groups -OCH3 is 1. The van der Waals surface area contributed by atoms with Gasteiger partial charge < -0.3 is 15.4 Å². The highest BCUT2D eigenvalue weighted by Gasteiger charge is 2.14. The van der Waals surface area contributed by atoms with Crippen molar-refractivity contribution in [3.63, 3.8) is 0 Å². The second kappa shape index (κ2) is 10.8. The van der Waals surface area contributed by atoms with Crippen molar-refractivity contribution in [3.8, 4) is 0 Å². The van der Waals surface area contributed by atoms with Gasteiger partial charge in [0.2, 0.25) is 0 Å². The normalized spacial score (nSPS) is 16.0. The molecule has 1 aromatic rings. The van der Waals surface area contributed by atoms with Crippen LogP contribution in [0.25, 0.3) is 0 Å². The van der Waals surface area contributed by atoms with Crippen LogP contribution in [0, 0.1) is 0 Å². The molecule has 0 radical (unpaired) electrons. The molecule has 0 unspecified atom stereocenters. The van der Waals surface area contributed by atoms with E-state index in [1.807, 2.05) is 7.05 Å². The summed E-state index contributed by atoms with van der Waals surface area (Å²) >= 11 is 0. The molecule has 0 aromatic heterocycles. The number of nitrogens with zero attached hydrogens (tertiary/aromatic N) is 1. The summed E-state index contributed by atoms with van der Waals surface area (Å²) in [6.07, 6.45) is 6.54. The van der Waals surface area contributed by atoms with Crippen LogP contribution in [-0.4, -0.2) is 26.2 Å². The summed E-state index contributed by atoms with van der Waals surface area (Å²) in [5.41, 5.74) is 2.45. The SMILES string of the molecule is CN=C(NCc1ccc(COC)cc1)NC1CCCCC1.I. The predicted octanol–water partition coefficient (Wildman–Crippen LogP) is 3.45. The molecule has 1 aliphatic rings. The number of ether oxygens (including phenoxy) is 1. The summed E-state index contributed by atoms with van der Waals surface area (Å²) in [4.78, 5) is 4.32. The van der Waals surface area contributed by atoms with Crippen LogP contribution < -0.4 is 10.6 Å². The Hall–Kier alpha value is -0.820. The van der Waals surface area contributed by atoms with Crippen LogP contribution in [0.15, 0.2) is 29.3 Å². The molecule has 0 aliphatic heterocycles. The van der Waals surface area contributed by atoms with E-state index in [2.05, 4.69) is 39.9 Å². The lowest BCUT2D eigenvalue weighted by molar-refractivity contribution is 0.185. The maximum atomic E-state index is 5.12. The van der Waals surface area contributed by atoms with Gasteiger partial charge in [0.25, 0.3) is 0 Å². The van der Waals surface area contributed by atoms with Crippen molar-refractivity contribution in [1.82, 2.24) is 10.6 Å². The van der Waals surface area contributed by atoms with Crippen molar-refractivity contribution in [1.29, 1.82) is 0 Å². The zero-order valence-corrected chi connectivity index (χ0v) is 15.9. The minimum atomic E-state index is 0. The molecule has 1 saturated carbocycles. The van der Waals surface area contributed by atoms with Crippen molar-refractivity contribution >= 4 is 29.9 Å². The molecule has 0 bridgehead atoms. The second-order valence-electron chi connectivity index (χ2n) is 5.65. The summed E-state index contributed by atoms with van der Waals surface area (Å²) < 4.78 is 5.12. The van der Waals surface area contributed by atoms with Gasteiger partial charge >= 0.3 is 0 Å². The molecule has 2 rings (SSSR count). The first-order valence-corrected chi connectivity index (χ1v) is 7.85. The average Bonchev–Trinajstić information content (AvgIpc) is 2.54. The smallest absolute Gasteiger partial charge is 0.191 e. The maximum absolute atomic E-state index is 5.12. The van der Waals surface area contributed by atoms with E-state index in [0.29, 0.717) is 12.6 Å². The first kappa shape index (κ1) is 19.2. The summed E-state index contributed by atoms with van der Waals surface area (Å²) in [7, 11) is 3.55. The number of hydrogen-bond acceptors (Lipinski definition) is 2. The molecular weight excluding hydrogens is 389 g/mol. The molecular formula is C17H28IN3O. The second-order valence-corrected chi connectivity index (χ2v) is 5.65. The number of nitrogens with one attached hydrogen (secondary N) is 2. The Balaban J connectivity index is 0.00000242. The Labute approximate surface area is 151 Å². The zero-order chi connectivity index (χ0) is 14.9. The van der Waals surface area contributed by atoms with E-state index >= 15 is 0 Å². The van der Waals surface area contributed by atoms with Crippen molar-refractivity contribution in [2.45, 2.75) is 51.3 Å². The van der Waals surface area contributed by atoms with Gasteiger partial charge in [0.05, 0.1) is 6.61 Å². The van der Waals surface area contributed by atoms with Crippen LogP contribution in [0.2, 0.25) is 0 Å². The van der Waals surface area contributed by atoms with Gasteiger partial charge in [0, 0.05) is 26.7 Å². The molecule has 0 amide bonds. The van der Waals surface area contributed by atoms with Gasteiger partial charge in [0.1, 0.15) is 0 Å². The summed E-state index contributed by atoms with van der Waals surface area (Å²) in [6.45, 7) is 1.46. The van der Waals surface area contributed by atoms with Gasteiger partial charge in [-0.2, -0.15) is 0 Å². The highest BCUT2D eigenvalue weighted by molar-refractivity contribution is 14.0. The molecule has 4 nitrogen and oxygen atoms in total. The molecule has 1 fully saturated rings. The van der Waals surface area contributed by atoms with E-state index in [4.69, 9.17) is 4.74 Å². The van der Waals surface area contributed by atoms with Gasteiger partial charge in [0.15, 0.2) is 5.96 Å². The molecule has 0 saturated heterocycles. The van der Waals surface area contributed by atoms with Crippen molar-refractivity contribution in [3.05, 3.63) is 35.4 Å². The van der Waals surface area contributed by atoms with Crippen molar-refractivity contribution in [2.24, 2.45) is 4.99 Å². The third-order valence-electron chi connectivity index (χ3n) is 3.96. The van der Waals surface area contributed by atoms with Gasteiger partial charge in [-0.1, -0.05) is 43.5 Å². The molecule has 0 heterocycles. The molecule has 0 atom stereocenters. The molecule has 1 aliphatic carbocycles. The van der Waals surface area contributed by atoms with Gasteiger partial charge in [-0.15, -0.1) is 24.0 Å². The molecule has 1 aromatic carbocycles. The standard InChI is InChI=1S/C17H27N3O.HI/c1-18-17(20-16-6-4-3-5-7-16)19-12-14-8-10-15(11-9-14)13-21-2;/h8-11,16H,3-7,12-13H2,1-2H3,(H2,18,19,20);1H. The highest BCUT2D eigenvalue weighted by Crippen LogP contribution is 2.17. The number of aliphatic imine (C=N–C) groups is 1. The van der Waals surface area contributed by atoms with E-state index in [1.54, 1.807) is 7.11 Å². The first-order valence-electron chi connectivity index (χ1n) is 7.85. The molecule has 0 spiro atoms. The van der Waals surface area contributed by atoms with Crippen LogP contribution in [0.1, 0.15) is 43.2 Å². The minimum Gasteiger partial charge on any atom is -0.380 e. The molecule has 22 heavy (non-hydrogen) atoms. The van der Waals surface area contributed by atoms with Crippen molar-refractivity contribution < 1.29 is 4.74 Å². The molecule has 124 valence electrons. The van der Waals surface area contributed by atoms with E-state index in [-0.39, 0.29) is 24.0 Å². The lowest BCUT2D eigenvalue weighted by Crippen LogP contribution is -2.43. The third kappa shape index (κ3) is 6.52. The van der Waals surface area contributed by atoms with Crippen LogP contribution in [0.5, 0.6) is 0 Å². The number of benzene rings is 1. The zero-order valence-electron chi connectivity index (χ0n) is 13.6. The first-order chi connectivity index (χ1) is 10.3. The topological polar surface area (TPSA) is 45.7 Å². The van der Waals surface area contributed by atoms with Crippen LogP contribution in [-0.2, 0) is 17.9 Å². The van der Waals surface area contributed by atoms with Crippen LogP contribution in [0.4, 0.5) is 0 Å². The predicted molar refractivity (Wildman–Crippen MR) is 103 cm³/mol. The van der Waals surface area contributed by atoms with Crippen LogP contribution >= 0.6 is 24.0 Å². The Kier molecular flexibility index (Phi) is 9.47. The largest absolute Gasteiger partial charge is 0.380 e. The minimum absolute atomic E-state index is 0. The fourth-order valence-electron chi connectivity index (χ4n) is 2.74. The summed E-state index contributed by atoms with van der Waals surface area (Å²) in [5.74, 6) is 0.905. The van der Waals surface area contributed by atoms with E-state index in [9.17, 15) is 0 Å². The Morgan fingerprint density at radius 3 is 2.36 bits per heavy atom. The average molecular weight is 417 g/mol. The van der Waals surface area contributed by atoms with Gasteiger partial charge in [-0.25, -0.2) is 0 Å². The number of halogens is 1. The van der Waals surface area contributed by atoms with Crippen molar-refractivity contribution in [2.75, 3.05) is 14.2 Å². The molecule has 5 heteroatoms. The van der Waals surface area contributed by atoms with E-state index in [0.717, 1.165) is 12.5 Å². The summed E-state index contributed by atoms with van der Waals surface area (Å²) in [6, 6.07) is 9.06. The molecule has 2 N–H and O–H groups in total. The number of hydrogen-bond donors (Lipinski definition) is 2. The highest BCUT2D eigenvalue weighted by atomic mass is 127. The lowest BCUT2D eigenvalue weighted by Gasteiger charge is -2.24. The summed E-state index contributed by atoms with van der Waals surface area (Å²) in [5, 5.41) is 6.92. The Bertz CT molecular complexity index is 442.